The Morgan fingerprint density at radius 3 is 2.08 bits per heavy atom. The maximum Gasteiger partial charge on any atom is 0.338 e. The van der Waals surface area contributed by atoms with Crippen LogP contribution in [0.3, 0.4) is 0 Å². The van der Waals surface area contributed by atoms with Gasteiger partial charge in [0, 0.05) is 0 Å². The highest BCUT2D eigenvalue weighted by Crippen LogP contribution is 2.19. The van der Waals surface area contributed by atoms with Crippen LogP contribution in [0.4, 0.5) is 14.5 Å². The van der Waals surface area contributed by atoms with Gasteiger partial charge in [-0.1, -0.05) is 6.07 Å². The van der Waals surface area contributed by atoms with Crippen LogP contribution in [0.25, 0.3) is 0 Å². The molecule has 0 fully saturated rings. The van der Waals surface area contributed by atoms with E-state index in [0.717, 1.165) is 12.1 Å². The predicted octanol–water partition coefficient (Wildman–Crippen LogP) is 3.94. The number of carbonyl (C=O) groups is 2. The lowest BCUT2D eigenvalue weighted by molar-refractivity contribution is -0.123. The van der Waals surface area contributed by atoms with Crippen molar-refractivity contribution in [2.75, 3.05) is 5.32 Å². The van der Waals surface area contributed by atoms with E-state index in [1.54, 1.807) is 12.1 Å². The quantitative estimate of drug-likeness (QED) is 0.790. The summed E-state index contributed by atoms with van der Waals surface area (Å²) in [4.78, 5) is 24.1. The molecule has 7 heteroatoms. The molecule has 0 saturated heterocycles. The van der Waals surface area contributed by atoms with Gasteiger partial charge in [0.05, 0.1) is 11.7 Å². The van der Waals surface area contributed by atoms with Crippen molar-refractivity contribution in [1.29, 1.82) is 0 Å². The Morgan fingerprint density at radius 1 is 0.962 bits per heavy atom. The number of esters is 1. The zero-order valence-corrected chi connectivity index (χ0v) is 14.6. The van der Waals surface area contributed by atoms with Gasteiger partial charge in [-0.15, -0.1) is 0 Å². The minimum Gasteiger partial charge on any atom is -0.491 e. The van der Waals surface area contributed by atoms with Gasteiger partial charge in [-0.25, -0.2) is 13.6 Å². The van der Waals surface area contributed by atoms with Crippen molar-refractivity contribution in [1.82, 2.24) is 0 Å². The number of benzene rings is 2. The van der Waals surface area contributed by atoms with Crippen molar-refractivity contribution >= 4 is 17.6 Å². The van der Waals surface area contributed by atoms with E-state index in [1.807, 2.05) is 13.8 Å². The summed E-state index contributed by atoms with van der Waals surface area (Å²) in [7, 11) is 0. The molecule has 1 N–H and O–H groups in total. The largest absolute Gasteiger partial charge is 0.491 e. The summed E-state index contributed by atoms with van der Waals surface area (Å²) in [6.07, 6.45) is -1.25. The number of para-hydroxylation sites is 1. The van der Waals surface area contributed by atoms with E-state index in [2.05, 4.69) is 5.32 Å². The Bertz CT molecular complexity index is 770. The monoisotopic (exact) mass is 363 g/mol. The molecule has 5 nitrogen and oxygen atoms in total. The van der Waals surface area contributed by atoms with E-state index >= 15 is 0 Å². The molecule has 138 valence electrons. The average molecular weight is 363 g/mol. The molecule has 0 saturated carbocycles. The summed E-state index contributed by atoms with van der Waals surface area (Å²) in [5.74, 6) is -2.83. The lowest BCUT2D eigenvalue weighted by Gasteiger charge is -2.14. The van der Waals surface area contributed by atoms with Gasteiger partial charge in [0.1, 0.15) is 23.1 Å². The minimum absolute atomic E-state index is 0.00435. The van der Waals surface area contributed by atoms with E-state index < -0.39 is 35.3 Å². The predicted molar refractivity (Wildman–Crippen MR) is 92.1 cm³/mol. The van der Waals surface area contributed by atoms with E-state index in [-0.39, 0.29) is 11.7 Å². The number of hydrogen-bond donors (Lipinski definition) is 1. The number of halogens is 2. The normalized spacial score (nSPS) is 11.8. The van der Waals surface area contributed by atoms with Gasteiger partial charge in [-0.3, -0.25) is 4.79 Å². The zero-order chi connectivity index (χ0) is 19.3. The first-order valence-electron chi connectivity index (χ1n) is 8.00. The molecule has 0 radical (unpaired) electrons. The minimum atomic E-state index is -1.24. The number of hydrogen-bond acceptors (Lipinski definition) is 4. The first kappa shape index (κ1) is 19.4. The third-order valence-corrected chi connectivity index (χ3v) is 3.33. The van der Waals surface area contributed by atoms with Gasteiger partial charge in [0.25, 0.3) is 5.91 Å². The van der Waals surface area contributed by atoms with Crippen LogP contribution < -0.4 is 10.1 Å². The first-order valence-corrected chi connectivity index (χ1v) is 8.00. The third kappa shape index (κ3) is 5.02. The van der Waals surface area contributed by atoms with Crippen LogP contribution in [0.2, 0.25) is 0 Å². The van der Waals surface area contributed by atoms with Gasteiger partial charge in [-0.05, 0) is 57.2 Å². The van der Waals surface area contributed by atoms with Crippen LogP contribution >= 0.6 is 0 Å². The van der Waals surface area contributed by atoms with Gasteiger partial charge >= 0.3 is 5.97 Å². The Morgan fingerprint density at radius 2 is 1.54 bits per heavy atom. The van der Waals surface area contributed by atoms with Crippen molar-refractivity contribution in [2.24, 2.45) is 0 Å². The van der Waals surface area contributed by atoms with Gasteiger partial charge in [0.15, 0.2) is 6.10 Å². The van der Waals surface area contributed by atoms with E-state index in [1.165, 1.54) is 25.1 Å². The molecule has 0 aliphatic rings. The summed E-state index contributed by atoms with van der Waals surface area (Å²) in [6.45, 7) is 5.06. The second-order valence-corrected chi connectivity index (χ2v) is 5.82. The maximum atomic E-state index is 13.6. The highest BCUT2D eigenvalue weighted by atomic mass is 19.1. The maximum absolute atomic E-state index is 13.6. The molecular formula is C19H19F2NO4. The highest BCUT2D eigenvalue weighted by Gasteiger charge is 2.21. The van der Waals surface area contributed by atoms with Crippen molar-refractivity contribution in [3.8, 4) is 5.75 Å². The molecule has 0 spiro atoms. The third-order valence-electron chi connectivity index (χ3n) is 3.33. The Hall–Kier alpha value is -2.96. The number of anilines is 1. The van der Waals surface area contributed by atoms with Crippen LogP contribution in [-0.4, -0.2) is 24.1 Å². The molecule has 26 heavy (non-hydrogen) atoms. The fourth-order valence-corrected chi connectivity index (χ4v) is 2.07. The lowest BCUT2D eigenvalue weighted by atomic mass is 10.2. The van der Waals surface area contributed by atoms with E-state index in [9.17, 15) is 18.4 Å². The molecule has 0 aromatic heterocycles. The molecule has 0 aliphatic heterocycles. The second kappa shape index (κ2) is 8.42. The lowest BCUT2D eigenvalue weighted by Crippen LogP contribution is -2.30. The molecule has 1 atom stereocenters. The molecule has 0 unspecified atom stereocenters. The summed E-state index contributed by atoms with van der Waals surface area (Å²) < 4.78 is 37.6. The SMILES string of the molecule is CC(C)Oc1ccc(C(=O)O[C@@H](C)C(=O)Nc2c(F)cccc2F)cc1. The number of carbonyl (C=O) groups excluding carboxylic acids is 2. The average Bonchev–Trinajstić information content (AvgIpc) is 2.58. The summed E-state index contributed by atoms with van der Waals surface area (Å²) in [5, 5.41) is 2.08. The second-order valence-electron chi connectivity index (χ2n) is 5.82. The molecule has 2 aromatic rings. The number of nitrogens with one attached hydrogen (secondary N) is 1. The van der Waals surface area contributed by atoms with Crippen LogP contribution in [0.15, 0.2) is 42.5 Å². The molecule has 0 heterocycles. The molecular weight excluding hydrogens is 344 g/mol. The molecule has 0 aliphatic carbocycles. The summed E-state index contributed by atoms with van der Waals surface area (Å²) in [5.41, 5.74) is -0.367. The number of rotatable bonds is 6. The fraction of sp³-hybridized carbons (Fsp3) is 0.263. The van der Waals surface area contributed by atoms with E-state index in [4.69, 9.17) is 9.47 Å². The van der Waals surface area contributed by atoms with Crippen molar-refractivity contribution in [3.05, 3.63) is 59.7 Å². The Kier molecular flexibility index (Phi) is 6.27. The highest BCUT2D eigenvalue weighted by molar-refractivity contribution is 5.97. The fourth-order valence-electron chi connectivity index (χ4n) is 2.07. The van der Waals surface area contributed by atoms with Crippen LogP contribution in [0.1, 0.15) is 31.1 Å². The van der Waals surface area contributed by atoms with Gasteiger partial charge in [-0.2, -0.15) is 0 Å². The topological polar surface area (TPSA) is 64.6 Å². The van der Waals surface area contributed by atoms with Crippen molar-refractivity contribution < 1.29 is 27.8 Å². The molecule has 1 amide bonds. The van der Waals surface area contributed by atoms with Gasteiger partial charge in [0.2, 0.25) is 0 Å². The molecule has 2 aromatic carbocycles. The number of amides is 1. The van der Waals surface area contributed by atoms with Crippen molar-refractivity contribution in [2.45, 2.75) is 33.0 Å². The van der Waals surface area contributed by atoms with Crippen molar-refractivity contribution in [3.63, 3.8) is 0 Å². The summed E-state index contributed by atoms with van der Waals surface area (Å²) in [6, 6.07) is 9.41. The van der Waals surface area contributed by atoms with Crippen LogP contribution in [-0.2, 0) is 9.53 Å². The van der Waals surface area contributed by atoms with E-state index in [0.29, 0.717) is 5.75 Å². The Labute approximate surface area is 149 Å². The molecule has 0 bridgehead atoms. The standard InChI is InChI=1S/C19H19F2NO4/c1-11(2)25-14-9-7-13(8-10-14)19(24)26-12(3)18(23)22-17-15(20)5-4-6-16(17)21/h4-12H,1-3H3,(H,22,23)/t12-/m0/s1. The Balaban J connectivity index is 1.98. The smallest absolute Gasteiger partial charge is 0.338 e. The molecule has 2 rings (SSSR count). The van der Waals surface area contributed by atoms with Crippen LogP contribution in [0.5, 0.6) is 5.75 Å². The zero-order valence-electron chi connectivity index (χ0n) is 14.6. The first-order chi connectivity index (χ1) is 12.3. The number of ether oxygens (including phenoxy) is 2. The van der Waals surface area contributed by atoms with Crippen LogP contribution in [0, 0.1) is 11.6 Å². The summed E-state index contributed by atoms with van der Waals surface area (Å²) >= 11 is 0. The van der Waals surface area contributed by atoms with Gasteiger partial charge < -0.3 is 14.8 Å².